The van der Waals surface area contributed by atoms with Gasteiger partial charge in [-0.25, -0.2) is 9.97 Å². The number of amides is 1. The Labute approximate surface area is 138 Å². The van der Waals surface area contributed by atoms with Crippen LogP contribution in [0.3, 0.4) is 0 Å². The SMILES string of the molecule is Cc1csc(NC(=O)C2CCN(c3ccc(C#N)cn3)CC2)n1. The van der Waals surface area contributed by atoms with Crippen molar-refractivity contribution in [3.63, 3.8) is 0 Å². The second-order valence-corrected chi connectivity index (χ2v) is 6.42. The molecule has 0 bridgehead atoms. The predicted molar refractivity (Wildman–Crippen MR) is 89.4 cm³/mol. The highest BCUT2D eigenvalue weighted by atomic mass is 32.1. The maximum absolute atomic E-state index is 12.3. The van der Waals surface area contributed by atoms with Crippen molar-refractivity contribution in [2.24, 2.45) is 5.92 Å². The van der Waals surface area contributed by atoms with Crippen LogP contribution in [0.25, 0.3) is 0 Å². The normalized spacial score (nSPS) is 15.2. The van der Waals surface area contributed by atoms with Crippen LogP contribution in [0.2, 0.25) is 0 Å². The molecule has 0 radical (unpaired) electrons. The third kappa shape index (κ3) is 3.66. The van der Waals surface area contributed by atoms with Crippen LogP contribution in [-0.2, 0) is 4.79 Å². The molecule has 0 atom stereocenters. The van der Waals surface area contributed by atoms with Crippen LogP contribution in [0, 0.1) is 24.2 Å². The molecule has 0 saturated carbocycles. The Kier molecular flexibility index (Phi) is 4.53. The number of hydrogen-bond donors (Lipinski definition) is 1. The molecule has 1 amide bonds. The number of anilines is 2. The van der Waals surface area contributed by atoms with Gasteiger partial charge in [-0.3, -0.25) is 4.79 Å². The number of nitriles is 1. The fourth-order valence-corrected chi connectivity index (χ4v) is 3.32. The summed E-state index contributed by atoms with van der Waals surface area (Å²) in [6.45, 7) is 3.48. The van der Waals surface area contributed by atoms with E-state index in [-0.39, 0.29) is 11.8 Å². The predicted octanol–water partition coefficient (Wildman–Crippen LogP) is 2.57. The molecule has 3 rings (SSSR count). The smallest absolute Gasteiger partial charge is 0.229 e. The van der Waals surface area contributed by atoms with Gasteiger partial charge in [-0.2, -0.15) is 5.26 Å². The molecule has 0 aromatic carbocycles. The van der Waals surface area contributed by atoms with Gasteiger partial charge in [0.15, 0.2) is 5.13 Å². The van der Waals surface area contributed by atoms with Crippen LogP contribution in [0.15, 0.2) is 23.7 Å². The minimum Gasteiger partial charge on any atom is -0.357 e. The van der Waals surface area contributed by atoms with E-state index in [1.165, 1.54) is 11.3 Å². The van der Waals surface area contributed by atoms with Crippen LogP contribution >= 0.6 is 11.3 Å². The third-order valence-corrected chi connectivity index (χ3v) is 4.79. The summed E-state index contributed by atoms with van der Waals surface area (Å²) in [5.74, 6) is 0.916. The van der Waals surface area contributed by atoms with Gasteiger partial charge in [-0.05, 0) is 31.9 Å². The molecule has 1 aliphatic heterocycles. The number of aromatic nitrogens is 2. The van der Waals surface area contributed by atoms with Gasteiger partial charge in [0.25, 0.3) is 0 Å². The summed E-state index contributed by atoms with van der Waals surface area (Å²) in [5, 5.41) is 14.3. The highest BCUT2D eigenvalue weighted by Gasteiger charge is 2.26. The second-order valence-electron chi connectivity index (χ2n) is 5.56. The molecule has 2 aromatic rings. The Bertz CT molecular complexity index is 726. The van der Waals surface area contributed by atoms with E-state index in [4.69, 9.17) is 5.26 Å². The molecule has 0 aliphatic carbocycles. The molecular weight excluding hydrogens is 310 g/mol. The quantitative estimate of drug-likeness (QED) is 0.937. The number of carbonyl (C=O) groups excluding carboxylic acids is 1. The molecule has 118 valence electrons. The van der Waals surface area contributed by atoms with Gasteiger partial charge in [0.05, 0.1) is 11.3 Å². The molecule has 7 heteroatoms. The average molecular weight is 327 g/mol. The second kappa shape index (κ2) is 6.75. The van der Waals surface area contributed by atoms with E-state index in [0.29, 0.717) is 10.7 Å². The van der Waals surface area contributed by atoms with E-state index < -0.39 is 0 Å². The number of carbonyl (C=O) groups is 1. The van der Waals surface area contributed by atoms with E-state index in [2.05, 4.69) is 26.3 Å². The van der Waals surface area contributed by atoms with Crippen molar-refractivity contribution in [1.29, 1.82) is 5.26 Å². The van der Waals surface area contributed by atoms with E-state index in [9.17, 15) is 4.79 Å². The van der Waals surface area contributed by atoms with Crippen LogP contribution in [0.5, 0.6) is 0 Å². The lowest BCUT2D eigenvalue weighted by atomic mass is 9.96. The zero-order valence-corrected chi connectivity index (χ0v) is 13.6. The van der Waals surface area contributed by atoms with Crippen molar-refractivity contribution in [2.75, 3.05) is 23.3 Å². The van der Waals surface area contributed by atoms with E-state index >= 15 is 0 Å². The van der Waals surface area contributed by atoms with Crippen LogP contribution in [0.4, 0.5) is 10.9 Å². The molecule has 6 nitrogen and oxygen atoms in total. The number of piperidine rings is 1. The minimum absolute atomic E-state index is 0.00818. The molecule has 1 saturated heterocycles. The number of thiazole rings is 1. The fourth-order valence-electron chi connectivity index (χ4n) is 2.63. The molecule has 1 fully saturated rings. The first-order valence-electron chi connectivity index (χ1n) is 7.50. The lowest BCUT2D eigenvalue weighted by Crippen LogP contribution is -2.38. The largest absolute Gasteiger partial charge is 0.357 e. The summed E-state index contributed by atoms with van der Waals surface area (Å²) in [5.41, 5.74) is 1.48. The molecule has 2 aromatic heterocycles. The Hall–Kier alpha value is -2.46. The highest BCUT2D eigenvalue weighted by molar-refractivity contribution is 7.13. The molecule has 3 heterocycles. The lowest BCUT2D eigenvalue weighted by molar-refractivity contribution is -0.120. The van der Waals surface area contributed by atoms with Crippen LogP contribution < -0.4 is 10.2 Å². The minimum atomic E-state index is 0.00818. The topological polar surface area (TPSA) is 81.9 Å². The van der Waals surface area contributed by atoms with Gasteiger partial charge in [0.2, 0.25) is 5.91 Å². The van der Waals surface area contributed by atoms with E-state index in [1.54, 1.807) is 12.3 Å². The maximum atomic E-state index is 12.3. The summed E-state index contributed by atoms with van der Waals surface area (Å²) in [4.78, 5) is 23.0. The first kappa shape index (κ1) is 15.4. The standard InChI is InChI=1S/C16H17N5OS/c1-11-10-23-16(19-11)20-15(22)13-4-6-21(7-5-13)14-3-2-12(8-17)9-18-14/h2-3,9-10,13H,4-7H2,1H3,(H,19,20,22). The summed E-state index contributed by atoms with van der Waals surface area (Å²) in [7, 11) is 0. The number of aryl methyl sites for hydroxylation is 1. The Morgan fingerprint density at radius 3 is 2.78 bits per heavy atom. The summed E-state index contributed by atoms with van der Waals surface area (Å²) < 4.78 is 0. The van der Waals surface area contributed by atoms with Crippen molar-refractivity contribution >= 4 is 28.2 Å². The average Bonchev–Trinajstić information content (AvgIpc) is 3.00. The van der Waals surface area contributed by atoms with Gasteiger partial charge in [0.1, 0.15) is 11.9 Å². The summed E-state index contributed by atoms with van der Waals surface area (Å²) >= 11 is 1.45. The van der Waals surface area contributed by atoms with E-state index in [0.717, 1.165) is 37.4 Å². The molecule has 0 spiro atoms. The van der Waals surface area contributed by atoms with Crippen molar-refractivity contribution < 1.29 is 4.79 Å². The molecular formula is C16H17N5OS. The van der Waals surface area contributed by atoms with Crippen molar-refractivity contribution in [1.82, 2.24) is 9.97 Å². The summed E-state index contributed by atoms with van der Waals surface area (Å²) in [6, 6.07) is 5.69. The number of hydrogen-bond acceptors (Lipinski definition) is 6. The Morgan fingerprint density at radius 1 is 1.43 bits per heavy atom. The molecule has 23 heavy (non-hydrogen) atoms. The van der Waals surface area contributed by atoms with Gasteiger partial charge >= 0.3 is 0 Å². The van der Waals surface area contributed by atoms with Crippen LogP contribution in [-0.4, -0.2) is 29.0 Å². The monoisotopic (exact) mass is 327 g/mol. The van der Waals surface area contributed by atoms with Crippen molar-refractivity contribution in [3.05, 3.63) is 35.0 Å². The van der Waals surface area contributed by atoms with Crippen molar-refractivity contribution in [3.8, 4) is 6.07 Å². The number of nitrogens with one attached hydrogen (secondary N) is 1. The molecule has 1 N–H and O–H groups in total. The summed E-state index contributed by atoms with van der Waals surface area (Å²) in [6.07, 6.45) is 3.16. The van der Waals surface area contributed by atoms with E-state index in [1.807, 2.05) is 18.4 Å². The number of rotatable bonds is 3. The van der Waals surface area contributed by atoms with Gasteiger partial charge < -0.3 is 10.2 Å². The third-order valence-electron chi connectivity index (χ3n) is 3.92. The van der Waals surface area contributed by atoms with Gasteiger partial charge in [-0.15, -0.1) is 11.3 Å². The van der Waals surface area contributed by atoms with Gasteiger partial charge in [-0.1, -0.05) is 0 Å². The van der Waals surface area contributed by atoms with Crippen LogP contribution in [0.1, 0.15) is 24.1 Å². The zero-order chi connectivity index (χ0) is 16.2. The molecule has 1 aliphatic rings. The lowest BCUT2D eigenvalue weighted by Gasteiger charge is -2.31. The van der Waals surface area contributed by atoms with Crippen molar-refractivity contribution in [2.45, 2.75) is 19.8 Å². The maximum Gasteiger partial charge on any atom is 0.229 e. The highest BCUT2D eigenvalue weighted by Crippen LogP contribution is 2.24. The Balaban J connectivity index is 1.55. The molecule has 0 unspecified atom stereocenters. The Morgan fingerprint density at radius 2 is 2.22 bits per heavy atom. The number of nitrogens with zero attached hydrogens (tertiary/aromatic N) is 4. The fraction of sp³-hybridized carbons (Fsp3) is 0.375. The first-order valence-corrected chi connectivity index (χ1v) is 8.38. The van der Waals surface area contributed by atoms with Gasteiger partial charge in [0, 0.05) is 30.6 Å². The zero-order valence-electron chi connectivity index (χ0n) is 12.8. The number of pyridine rings is 1. The first-order chi connectivity index (χ1) is 11.2.